The van der Waals surface area contributed by atoms with Crippen LogP contribution in [0.3, 0.4) is 0 Å². The molecule has 8 heteroatoms. The third-order valence-electron chi connectivity index (χ3n) is 5.38. The lowest BCUT2D eigenvalue weighted by atomic mass is 9.80. The van der Waals surface area contributed by atoms with Gasteiger partial charge in [0.1, 0.15) is 0 Å². The third-order valence-corrected chi connectivity index (χ3v) is 7.24. The molecular formula is C17H21ClN4O2S. The number of hydrogen-bond donors (Lipinski definition) is 1. The second kappa shape index (κ2) is 6.30. The Morgan fingerprint density at radius 3 is 2.48 bits per heavy atom. The van der Waals surface area contributed by atoms with Crippen LogP contribution in [0.4, 0.5) is 5.82 Å². The molecule has 1 unspecified atom stereocenters. The van der Waals surface area contributed by atoms with Crippen LogP contribution in [0.2, 0.25) is 5.02 Å². The van der Waals surface area contributed by atoms with Crippen LogP contribution in [-0.2, 0) is 10.0 Å². The van der Waals surface area contributed by atoms with Crippen LogP contribution in [-0.4, -0.2) is 47.9 Å². The molecule has 3 aliphatic rings. The number of aromatic nitrogens is 2. The van der Waals surface area contributed by atoms with Crippen LogP contribution >= 0.6 is 11.6 Å². The fourth-order valence-corrected chi connectivity index (χ4v) is 5.66. The Morgan fingerprint density at radius 1 is 1.20 bits per heavy atom. The number of piperidine rings is 3. The molecule has 1 aromatic carbocycles. The van der Waals surface area contributed by atoms with Gasteiger partial charge in [-0.25, -0.2) is 8.42 Å². The molecule has 0 saturated carbocycles. The van der Waals surface area contributed by atoms with E-state index < -0.39 is 10.0 Å². The van der Waals surface area contributed by atoms with E-state index in [0.717, 1.165) is 42.1 Å². The zero-order valence-electron chi connectivity index (χ0n) is 13.8. The standard InChI is InChI=1S/C17H21ClN4O2S/c18-15-3-1-13(2-4-15)16-10-22(20-17(16)19)25(23,24)11-14-9-21-7-5-12(14)6-8-21/h1-4,10,12,14H,5-9,11H2,(H2,19,20). The van der Waals surface area contributed by atoms with Gasteiger partial charge < -0.3 is 10.6 Å². The maximum Gasteiger partial charge on any atom is 0.254 e. The summed E-state index contributed by atoms with van der Waals surface area (Å²) in [5.74, 6) is 1.01. The summed E-state index contributed by atoms with van der Waals surface area (Å²) in [7, 11) is -3.53. The number of nitrogen functional groups attached to an aromatic ring is 1. The predicted octanol–water partition coefficient (Wildman–Crippen LogP) is 2.31. The monoisotopic (exact) mass is 380 g/mol. The molecule has 3 fully saturated rings. The van der Waals surface area contributed by atoms with Crippen molar-refractivity contribution in [2.45, 2.75) is 12.8 Å². The van der Waals surface area contributed by atoms with Crippen molar-refractivity contribution in [1.29, 1.82) is 0 Å². The number of fused-ring (bicyclic) bond motifs is 3. The largest absolute Gasteiger partial charge is 0.382 e. The van der Waals surface area contributed by atoms with E-state index in [1.807, 2.05) is 0 Å². The Labute approximate surface area is 152 Å². The lowest BCUT2D eigenvalue weighted by Crippen LogP contribution is -2.49. The Hall–Kier alpha value is -1.57. The zero-order chi connectivity index (χ0) is 17.6. The number of nitrogens with two attached hydrogens (primary N) is 1. The second-order valence-electron chi connectivity index (χ2n) is 6.98. The van der Waals surface area contributed by atoms with Gasteiger partial charge in [-0.15, -0.1) is 5.10 Å². The summed E-state index contributed by atoms with van der Waals surface area (Å²) in [6.45, 7) is 3.05. The Kier molecular flexibility index (Phi) is 4.25. The minimum Gasteiger partial charge on any atom is -0.382 e. The van der Waals surface area contributed by atoms with E-state index in [-0.39, 0.29) is 17.5 Å². The highest BCUT2D eigenvalue weighted by molar-refractivity contribution is 7.89. The van der Waals surface area contributed by atoms with Gasteiger partial charge in [-0.3, -0.25) is 0 Å². The van der Waals surface area contributed by atoms with Crippen molar-refractivity contribution in [3.8, 4) is 11.1 Å². The molecule has 1 atom stereocenters. The van der Waals surface area contributed by atoms with E-state index in [1.54, 1.807) is 24.3 Å². The second-order valence-corrected chi connectivity index (χ2v) is 9.29. The first-order chi connectivity index (χ1) is 11.9. The Bertz CT molecular complexity index is 871. The summed E-state index contributed by atoms with van der Waals surface area (Å²) < 4.78 is 26.7. The van der Waals surface area contributed by atoms with Crippen molar-refractivity contribution >= 4 is 27.4 Å². The SMILES string of the molecule is Nc1nn(S(=O)(=O)CC2CN3CCC2CC3)cc1-c1ccc(Cl)cc1. The molecule has 3 aliphatic heterocycles. The molecule has 5 rings (SSSR count). The topological polar surface area (TPSA) is 81.2 Å². The van der Waals surface area contributed by atoms with Gasteiger partial charge in [0.15, 0.2) is 5.82 Å². The van der Waals surface area contributed by atoms with Crippen LogP contribution < -0.4 is 5.73 Å². The van der Waals surface area contributed by atoms with E-state index in [4.69, 9.17) is 17.3 Å². The maximum absolute atomic E-state index is 12.8. The first kappa shape index (κ1) is 16.9. The van der Waals surface area contributed by atoms with Gasteiger partial charge in [0.05, 0.1) is 11.9 Å². The van der Waals surface area contributed by atoms with Gasteiger partial charge in [-0.2, -0.15) is 4.09 Å². The number of rotatable bonds is 4. The van der Waals surface area contributed by atoms with E-state index in [0.29, 0.717) is 16.5 Å². The molecule has 0 amide bonds. The lowest BCUT2D eigenvalue weighted by Gasteiger charge is -2.44. The fraction of sp³-hybridized carbons (Fsp3) is 0.471. The highest BCUT2D eigenvalue weighted by atomic mass is 35.5. The normalized spacial score (nSPS) is 26.0. The number of nitrogens with zero attached hydrogens (tertiary/aromatic N) is 3. The van der Waals surface area contributed by atoms with Crippen molar-refractivity contribution in [2.24, 2.45) is 11.8 Å². The molecule has 2 aromatic rings. The average Bonchev–Trinajstić information content (AvgIpc) is 2.99. The van der Waals surface area contributed by atoms with Gasteiger partial charge in [0, 0.05) is 17.1 Å². The molecule has 25 heavy (non-hydrogen) atoms. The van der Waals surface area contributed by atoms with Crippen LogP contribution in [0.15, 0.2) is 30.5 Å². The number of halogens is 1. The van der Waals surface area contributed by atoms with Gasteiger partial charge in [0.25, 0.3) is 10.0 Å². The summed E-state index contributed by atoms with van der Waals surface area (Å²) in [4.78, 5) is 2.36. The molecule has 134 valence electrons. The highest BCUT2D eigenvalue weighted by Gasteiger charge is 2.37. The number of anilines is 1. The number of hydrogen-bond acceptors (Lipinski definition) is 5. The maximum atomic E-state index is 12.8. The van der Waals surface area contributed by atoms with Gasteiger partial charge in [-0.05, 0) is 55.5 Å². The highest BCUT2D eigenvalue weighted by Crippen LogP contribution is 2.34. The number of benzene rings is 1. The lowest BCUT2D eigenvalue weighted by molar-refractivity contribution is 0.0616. The van der Waals surface area contributed by atoms with Crippen LogP contribution in [0.5, 0.6) is 0 Å². The first-order valence-electron chi connectivity index (χ1n) is 8.49. The molecule has 2 bridgehead atoms. The smallest absolute Gasteiger partial charge is 0.254 e. The molecule has 6 nitrogen and oxygen atoms in total. The molecule has 4 heterocycles. The first-order valence-corrected chi connectivity index (χ1v) is 10.5. The molecule has 0 aliphatic carbocycles. The van der Waals surface area contributed by atoms with Gasteiger partial charge in [0.2, 0.25) is 0 Å². The van der Waals surface area contributed by atoms with Gasteiger partial charge in [-0.1, -0.05) is 23.7 Å². The molecule has 1 aromatic heterocycles. The van der Waals surface area contributed by atoms with Crippen molar-refractivity contribution in [3.63, 3.8) is 0 Å². The van der Waals surface area contributed by atoms with Crippen LogP contribution in [0.1, 0.15) is 12.8 Å². The van der Waals surface area contributed by atoms with Gasteiger partial charge >= 0.3 is 0 Å². The predicted molar refractivity (Wildman–Crippen MR) is 98.9 cm³/mol. The third kappa shape index (κ3) is 3.28. The van der Waals surface area contributed by atoms with Crippen molar-refractivity contribution in [1.82, 2.24) is 14.1 Å². The van der Waals surface area contributed by atoms with Crippen LogP contribution in [0, 0.1) is 11.8 Å². The van der Waals surface area contributed by atoms with E-state index in [2.05, 4.69) is 10.00 Å². The molecular weight excluding hydrogens is 360 g/mol. The molecule has 0 radical (unpaired) electrons. The van der Waals surface area contributed by atoms with E-state index in [9.17, 15) is 8.42 Å². The quantitative estimate of drug-likeness (QED) is 0.880. The zero-order valence-corrected chi connectivity index (χ0v) is 15.4. The fourth-order valence-electron chi connectivity index (χ4n) is 3.98. The van der Waals surface area contributed by atoms with Crippen molar-refractivity contribution in [2.75, 3.05) is 31.1 Å². The average molecular weight is 381 g/mol. The van der Waals surface area contributed by atoms with Crippen molar-refractivity contribution in [3.05, 3.63) is 35.5 Å². The summed E-state index contributed by atoms with van der Waals surface area (Å²) in [5.41, 5.74) is 7.37. The summed E-state index contributed by atoms with van der Waals surface area (Å²) in [6, 6.07) is 7.10. The summed E-state index contributed by atoms with van der Waals surface area (Å²) in [5, 5.41) is 4.68. The Balaban J connectivity index is 1.58. The minimum atomic E-state index is -3.53. The molecule has 2 N–H and O–H groups in total. The van der Waals surface area contributed by atoms with Crippen molar-refractivity contribution < 1.29 is 8.42 Å². The minimum absolute atomic E-state index is 0.120. The van der Waals surface area contributed by atoms with Crippen LogP contribution in [0.25, 0.3) is 11.1 Å². The summed E-state index contributed by atoms with van der Waals surface area (Å²) in [6.07, 6.45) is 3.70. The van der Waals surface area contributed by atoms with E-state index >= 15 is 0 Å². The summed E-state index contributed by atoms with van der Waals surface area (Å²) >= 11 is 5.90. The van der Waals surface area contributed by atoms with E-state index in [1.165, 1.54) is 6.20 Å². The Morgan fingerprint density at radius 2 is 1.88 bits per heavy atom. The molecule has 0 spiro atoms. The molecule has 3 saturated heterocycles.